The Kier molecular flexibility index (Phi) is 7.76. The second-order valence-corrected chi connectivity index (χ2v) is 6.37. The van der Waals surface area contributed by atoms with Crippen molar-refractivity contribution in [2.45, 2.75) is 6.04 Å². The van der Waals surface area contributed by atoms with E-state index in [1.165, 1.54) is 0 Å². The van der Waals surface area contributed by atoms with Gasteiger partial charge in [0, 0.05) is 0 Å². The molecular weight excluding hydrogens is 376 g/mol. The van der Waals surface area contributed by atoms with Gasteiger partial charge in [-0.3, -0.25) is 0 Å². The third kappa shape index (κ3) is 6.05. The maximum absolute atomic E-state index is 12.4. The van der Waals surface area contributed by atoms with Crippen LogP contribution in [0, 0.1) is 11.8 Å². The Morgan fingerprint density at radius 1 is 0.833 bits per heavy atom. The van der Waals surface area contributed by atoms with Crippen LogP contribution in [0.5, 0.6) is 11.5 Å². The van der Waals surface area contributed by atoms with E-state index in [9.17, 15) is 4.79 Å². The number of urea groups is 1. The standard InChI is InChI=1S/C25H24N2O3/c1-29-22-16-8-9-17-23(22)30-19-11-10-18-26-25(28)27-24(20-12-4-2-5-13-20)21-14-6-3-7-15-21/h2-9,12-17,24H,18-19H2,1H3,(H2,26,27,28). The van der Waals surface area contributed by atoms with Gasteiger partial charge in [-0.15, -0.1) is 0 Å². The normalized spacial score (nSPS) is 9.93. The quantitative estimate of drug-likeness (QED) is 0.586. The second-order valence-electron chi connectivity index (χ2n) is 6.37. The van der Waals surface area contributed by atoms with Crippen molar-refractivity contribution in [1.82, 2.24) is 10.6 Å². The summed E-state index contributed by atoms with van der Waals surface area (Å²) < 4.78 is 10.8. The van der Waals surface area contributed by atoms with E-state index in [0.29, 0.717) is 11.5 Å². The van der Waals surface area contributed by atoms with Crippen molar-refractivity contribution in [2.75, 3.05) is 20.3 Å². The molecule has 0 spiro atoms. The largest absolute Gasteiger partial charge is 0.493 e. The van der Waals surface area contributed by atoms with Gasteiger partial charge in [-0.2, -0.15) is 0 Å². The molecule has 0 aliphatic heterocycles. The van der Waals surface area contributed by atoms with E-state index in [-0.39, 0.29) is 25.2 Å². The molecule has 0 heterocycles. The molecule has 0 saturated carbocycles. The van der Waals surface area contributed by atoms with E-state index >= 15 is 0 Å². The number of ether oxygens (including phenoxy) is 2. The number of carbonyl (C=O) groups is 1. The summed E-state index contributed by atoms with van der Waals surface area (Å²) in [7, 11) is 1.59. The number of rotatable bonds is 7. The van der Waals surface area contributed by atoms with Crippen LogP contribution >= 0.6 is 0 Å². The monoisotopic (exact) mass is 400 g/mol. The lowest BCUT2D eigenvalue weighted by molar-refractivity contribution is 0.240. The molecule has 3 rings (SSSR count). The van der Waals surface area contributed by atoms with E-state index in [4.69, 9.17) is 9.47 Å². The van der Waals surface area contributed by atoms with Crippen molar-refractivity contribution in [2.24, 2.45) is 0 Å². The van der Waals surface area contributed by atoms with Crippen molar-refractivity contribution < 1.29 is 14.3 Å². The van der Waals surface area contributed by atoms with Crippen LogP contribution in [0.15, 0.2) is 84.9 Å². The van der Waals surface area contributed by atoms with Gasteiger partial charge in [0.2, 0.25) is 0 Å². The molecule has 5 heteroatoms. The van der Waals surface area contributed by atoms with Gasteiger partial charge in [0.1, 0.15) is 6.61 Å². The highest BCUT2D eigenvalue weighted by molar-refractivity contribution is 5.75. The molecule has 2 amide bonds. The molecule has 0 fully saturated rings. The Morgan fingerprint density at radius 3 is 2.00 bits per heavy atom. The SMILES string of the molecule is COc1ccccc1OCC#CCNC(=O)NC(c1ccccc1)c1ccccc1. The molecule has 0 aromatic heterocycles. The first-order chi connectivity index (χ1) is 14.8. The van der Waals surface area contributed by atoms with Crippen LogP contribution in [0.3, 0.4) is 0 Å². The Hall–Kier alpha value is -3.91. The van der Waals surface area contributed by atoms with Crippen LogP contribution in [-0.2, 0) is 0 Å². The van der Waals surface area contributed by atoms with Crippen LogP contribution in [0.1, 0.15) is 17.2 Å². The van der Waals surface area contributed by atoms with Gasteiger partial charge < -0.3 is 20.1 Å². The summed E-state index contributed by atoms with van der Waals surface area (Å²) in [6, 6.07) is 26.6. The van der Waals surface area contributed by atoms with Crippen LogP contribution in [-0.4, -0.2) is 26.3 Å². The van der Waals surface area contributed by atoms with Gasteiger partial charge in [-0.1, -0.05) is 84.6 Å². The molecule has 152 valence electrons. The predicted molar refractivity (Wildman–Crippen MR) is 118 cm³/mol. The van der Waals surface area contributed by atoms with Crippen molar-refractivity contribution in [1.29, 1.82) is 0 Å². The summed E-state index contributed by atoms with van der Waals surface area (Å²) in [5, 5.41) is 5.79. The number of para-hydroxylation sites is 2. The zero-order chi connectivity index (χ0) is 21.0. The summed E-state index contributed by atoms with van der Waals surface area (Å²) in [6.45, 7) is 0.428. The molecule has 30 heavy (non-hydrogen) atoms. The number of benzene rings is 3. The van der Waals surface area contributed by atoms with Gasteiger partial charge >= 0.3 is 6.03 Å². The third-order valence-electron chi connectivity index (χ3n) is 4.37. The highest BCUT2D eigenvalue weighted by Crippen LogP contribution is 2.25. The summed E-state index contributed by atoms with van der Waals surface area (Å²) in [6.07, 6.45) is 0. The van der Waals surface area contributed by atoms with Crippen LogP contribution in [0.2, 0.25) is 0 Å². The summed E-state index contributed by atoms with van der Waals surface area (Å²) in [4.78, 5) is 12.4. The summed E-state index contributed by atoms with van der Waals surface area (Å²) >= 11 is 0. The number of hydrogen-bond donors (Lipinski definition) is 2. The third-order valence-corrected chi connectivity index (χ3v) is 4.37. The number of hydrogen-bond acceptors (Lipinski definition) is 3. The maximum Gasteiger partial charge on any atom is 0.316 e. The number of carbonyl (C=O) groups excluding carboxylic acids is 1. The fourth-order valence-electron chi connectivity index (χ4n) is 2.92. The second kappa shape index (κ2) is 11.2. The maximum atomic E-state index is 12.4. The lowest BCUT2D eigenvalue weighted by Gasteiger charge is -2.19. The van der Waals surface area contributed by atoms with Crippen molar-refractivity contribution in [3.63, 3.8) is 0 Å². The topological polar surface area (TPSA) is 59.6 Å². The van der Waals surface area contributed by atoms with Gasteiger partial charge in [-0.25, -0.2) is 4.79 Å². The first-order valence-electron chi connectivity index (χ1n) is 9.63. The van der Waals surface area contributed by atoms with E-state index < -0.39 is 0 Å². The molecule has 0 atom stereocenters. The molecule has 3 aromatic rings. The molecular formula is C25H24N2O3. The van der Waals surface area contributed by atoms with Crippen molar-refractivity contribution >= 4 is 6.03 Å². The lowest BCUT2D eigenvalue weighted by Crippen LogP contribution is -2.38. The van der Waals surface area contributed by atoms with Crippen molar-refractivity contribution in [3.8, 4) is 23.3 Å². The molecule has 0 aliphatic carbocycles. The Balaban J connectivity index is 1.51. The molecule has 0 saturated heterocycles. The van der Waals surface area contributed by atoms with E-state index in [0.717, 1.165) is 11.1 Å². The molecule has 5 nitrogen and oxygen atoms in total. The number of methoxy groups -OCH3 is 1. The average Bonchev–Trinajstić information content (AvgIpc) is 2.81. The molecule has 3 aromatic carbocycles. The van der Waals surface area contributed by atoms with Gasteiger partial charge in [0.15, 0.2) is 11.5 Å². The summed E-state index contributed by atoms with van der Waals surface area (Å²) in [5.74, 6) is 7.07. The molecule has 0 aliphatic rings. The number of amides is 2. The van der Waals surface area contributed by atoms with Gasteiger partial charge in [-0.05, 0) is 23.3 Å². The molecule has 0 unspecified atom stereocenters. The molecule has 2 N–H and O–H groups in total. The van der Waals surface area contributed by atoms with E-state index in [1.807, 2.05) is 84.9 Å². The first kappa shape index (κ1) is 20.8. The minimum Gasteiger partial charge on any atom is -0.493 e. The smallest absolute Gasteiger partial charge is 0.316 e. The van der Waals surface area contributed by atoms with E-state index in [1.54, 1.807) is 7.11 Å². The van der Waals surface area contributed by atoms with Crippen LogP contribution in [0.25, 0.3) is 0 Å². The molecule has 0 bridgehead atoms. The fourth-order valence-corrected chi connectivity index (χ4v) is 2.92. The zero-order valence-electron chi connectivity index (χ0n) is 16.8. The predicted octanol–water partition coefficient (Wildman–Crippen LogP) is 4.17. The summed E-state index contributed by atoms with van der Waals surface area (Å²) in [5.41, 5.74) is 2.02. The van der Waals surface area contributed by atoms with Crippen LogP contribution < -0.4 is 20.1 Å². The van der Waals surface area contributed by atoms with Crippen molar-refractivity contribution in [3.05, 3.63) is 96.1 Å². The highest BCUT2D eigenvalue weighted by atomic mass is 16.5. The Bertz CT molecular complexity index is 955. The fraction of sp³-hybridized carbons (Fsp3) is 0.160. The Morgan fingerprint density at radius 2 is 1.40 bits per heavy atom. The van der Waals surface area contributed by atoms with E-state index in [2.05, 4.69) is 22.5 Å². The Labute approximate surface area is 177 Å². The average molecular weight is 400 g/mol. The van der Waals surface area contributed by atoms with Gasteiger partial charge in [0.25, 0.3) is 0 Å². The minimum atomic E-state index is -0.285. The van der Waals surface area contributed by atoms with Gasteiger partial charge in [0.05, 0.1) is 19.7 Å². The lowest BCUT2D eigenvalue weighted by atomic mass is 9.99. The highest BCUT2D eigenvalue weighted by Gasteiger charge is 2.15. The van der Waals surface area contributed by atoms with Crippen LogP contribution in [0.4, 0.5) is 4.79 Å². The number of nitrogens with one attached hydrogen (secondary N) is 2. The molecule has 0 radical (unpaired) electrons. The zero-order valence-corrected chi connectivity index (χ0v) is 16.8. The first-order valence-corrected chi connectivity index (χ1v) is 9.63. The minimum absolute atomic E-state index is 0.209.